The molecule has 0 heterocycles. The summed E-state index contributed by atoms with van der Waals surface area (Å²) in [6.07, 6.45) is 5.34. The van der Waals surface area contributed by atoms with E-state index in [0.717, 1.165) is 38.5 Å². The quantitative estimate of drug-likeness (QED) is 0.274. The number of carbonyl (C=O) groups excluding carboxylic acids is 2. The average Bonchev–Trinajstić information content (AvgIpc) is 2.45. The lowest BCUT2D eigenvalue weighted by Crippen LogP contribution is -2.26. The molecular formula is C18H33ClO4. The molecule has 0 rings (SSSR count). The van der Waals surface area contributed by atoms with Crippen molar-refractivity contribution >= 4 is 22.8 Å². The lowest BCUT2D eigenvalue weighted by molar-refractivity contribution is -0.153. The predicted octanol–water partition coefficient (Wildman–Crippen LogP) is 4.72. The topological polar surface area (TPSA) is 52.6 Å². The number of rotatable bonds is 13. The molecule has 5 heteroatoms. The Kier molecular flexibility index (Phi) is 10.7. The molecule has 0 bridgehead atoms. The molecule has 23 heavy (non-hydrogen) atoms. The highest BCUT2D eigenvalue weighted by Gasteiger charge is 2.28. The summed E-state index contributed by atoms with van der Waals surface area (Å²) in [6, 6.07) is 0. The van der Waals surface area contributed by atoms with Crippen LogP contribution in [-0.4, -0.2) is 31.0 Å². The van der Waals surface area contributed by atoms with Crippen molar-refractivity contribution in [2.24, 2.45) is 10.8 Å². The fourth-order valence-corrected chi connectivity index (χ4v) is 2.27. The first-order chi connectivity index (χ1) is 10.6. The molecular weight excluding hydrogens is 316 g/mol. The van der Waals surface area contributed by atoms with Gasteiger partial charge in [0, 0.05) is 18.6 Å². The normalized spacial score (nSPS) is 12.3. The van der Waals surface area contributed by atoms with Crippen LogP contribution in [0.4, 0.5) is 0 Å². The lowest BCUT2D eigenvalue weighted by Gasteiger charge is -2.22. The molecule has 0 aromatic carbocycles. The van der Waals surface area contributed by atoms with Gasteiger partial charge in [0.05, 0.1) is 12.0 Å². The molecule has 0 aliphatic heterocycles. The van der Waals surface area contributed by atoms with Gasteiger partial charge in [0.25, 0.3) is 0 Å². The Balaban J connectivity index is 3.60. The Morgan fingerprint density at radius 3 is 1.78 bits per heavy atom. The van der Waals surface area contributed by atoms with Crippen LogP contribution in [0, 0.1) is 10.8 Å². The maximum Gasteiger partial charge on any atom is 0.311 e. The third kappa shape index (κ3) is 9.98. The molecule has 0 aromatic rings. The van der Waals surface area contributed by atoms with E-state index in [-0.39, 0.29) is 11.2 Å². The molecule has 0 saturated heterocycles. The van der Waals surface area contributed by atoms with E-state index in [0.29, 0.717) is 19.8 Å². The Hall–Kier alpha value is -0.610. The highest BCUT2D eigenvalue weighted by Crippen LogP contribution is 2.26. The molecule has 0 N–H and O–H groups in total. The van der Waals surface area contributed by atoms with E-state index in [1.54, 1.807) is 0 Å². The van der Waals surface area contributed by atoms with E-state index in [9.17, 15) is 9.59 Å². The largest absolute Gasteiger partial charge is 0.466 e. The Morgan fingerprint density at radius 1 is 0.870 bits per heavy atom. The van der Waals surface area contributed by atoms with Gasteiger partial charge in [-0.05, 0) is 58.1 Å². The van der Waals surface area contributed by atoms with Crippen LogP contribution in [-0.2, 0) is 19.1 Å². The highest BCUT2D eigenvalue weighted by molar-refractivity contribution is 6.64. The second-order valence-electron chi connectivity index (χ2n) is 7.29. The zero-order chi connectivity index (χ0) is 17.9. The summed E-state index contributed by atoms with van der Waals surface area (Å²) in [7, 11) is 0. The standard InChI is InChI=1S/C18H33ClO4/c1-6-23-16(21)18(4,5)12-8-10-14-22-13-9-7-11-17(2,3)15(19)20/h6-14H2,1-5H3. The monoisotopic (exact) mass is 348 g/mol. The van der Waals surface area contributed by atoms with Crippen LogP contribution in [0.3, 0.4) is 0 Å². The van der Waals surface area contributed by atoms with E-state index in [1.807, 2.05) is 34.6 Å². The number of carbonyl (C=O) groups is 2. The highest BCUT2D eigenvalue weighted by atomic mass is 35.5. The predicted molar refractivity (Wildman–Crippen MR) is 93.6 cm³/mol. The molecule has 4 nitrogen and oxygen atoms in total. The van der Waals surface area contributed by atoms with E-state index < -0.39 is 10.8 Å². The molecule has 0 fully saturated rings. The van der Waals surface area contributed by atoms with Gasteiger partial charge in [-0.25, -0.2) is 0 Å². The van der Waals surface area contributed by atoms with Crippen LogP contribution in [0.1, 0.15) is 73.1 Å². The summed E-state index contributed by atoms with van der Waals surface area (Å²) in [5.74, 6) is -0.127. The van der Waals surface area contributed by atoms with Crippen molar-refractivity contribution in [3.05, 3.63) is 0 Å². The summed E-state index contributed by atoms with van der Waals surface area (Å²) in [6.45, 7) is 11.2. The second-order valence-corrected chi connectivity index (χ2v) is 7.63. The fourth-order valence-electron chi connectivity index (χ4n) is 2.17. The van der Waals surface area contributed by atoms with Crippen molar-refractivity contribution in [3.8, 4) is 0 Å². The number of ether oxygens (including phenoxy) is 2. The summed E-state index contributed by atoms with van der Waals surface area (Å²) in [5.41, 5.74) is -0.865. The van der Waals surface area contributed by atoms with Crippen molar-refractivity contribution in [2.45, 2.75) is 73.1 Å². The summed E-state index contributed by atoms with van der Waals surface area (Å²) >= 11 is 5.54. The molecule has 0 unspecified atom stereocenters. The second kappa shape index (κ2) is 11.0. The first-order valence-electron chi connectivity index (χ1n) is 8.58. The smallest absolute Gasteiger partial charge is 0.311 e. The van der Waals surface area contributed by atoms with E-state index in [4.69, 9.17) is 21.1 Å². The number of hydrogen-bond donors (Lipinski definition) is 0. The SMILES string of the molecule is CCOC(=O)C(C)(C)CCCCOCCCCC(C)(C)C(=O)Cl. The summed E-state index contributed by atoms with van der Waals surface area (Å²) < 4.78 is 10.7. The van der Waals surface area contributed by atoms with Gasteiger partial charge in [0.1, 0.15) is 0 Å². The number of halogens is 1. The van der Waals surface area contributed by atoms with Gasteiger partial charge in [-0.1, -0.05) is 26.7 Å². The molecule has 0 spiro atoms. The van der Waals surface area contributed by atoms with Crippen LogP contribution in [0.15, 0.2) is 0 Å². The van der Waals surface area contributed by atoms with Gasteiger partial charge in [-0.15, -0.1) is 0 Å². The zero-order valence-electron chi connectivity index (χ0n) is 15.4. The molecule has 0 aromatic heterocycles. The van der Waals surface area contributed by atoms with Gasteiger partial charge in [0.15, 0.2) is 0 Å². The van der Waals surface area contributed by atoms with Crippen molar-refractivity contribution in [1.29, 1.82) is 0 Å². The van der Waals surface area contributed by atoms with E-state index in [2.05, 4.69) is 0 Å². The third-order valence-corrected chi connectivity index (χ3v) is 4.55. The van der Waals surface area contributed by atoms with Crippen LogP contribution in [0.5, 0.6) is 0 Å². The minimum Gasteiger partial charge on any atom is -0.466 e. The van der Waals surface area contributed by atoms with E-state index in [1.165, 1.54) is 0 Å². The van der Waals surface area contributed by atoms with Crippen molar-refractivity contribution in [1.82, 2.24) is 0 Å². The van der Waals surface area contributed by atoms with Gasteiger partial charge in [-0.2, -0.15) is 0 Å². The number of hydrogen-bond acceptors (Lipinski definition) is 4. The summed E-state index contributed by atoms with van der Waals surface area (Å²) in [4.78, 5) is 22.9. The maximum absolute atomic E-state index is 11.7. The van der Waals surface area contributed by atoms with Crippen molar-refractivity contribution < 1.29 is 19.1 Å². The average molecular weight is 349 g/mol. The third-order valence-electron chi connectivity index (χ3n) is 4.04. The van der Waals surface area contributed by atoms with Gasteiger partial charge < -0.3 is 9.47 Å². The molecule has 0 saturated carbocycles. The lowest BCUT2D eigenvalue weighted by atomic mass is 9.87. The zero-order valence-corrected chi connectivity index (χ0v) is 16.1. The first-order valence-corrected chi connectivity index (χ1v) is 8.96. The first kappa shape index (κ1) is 22.4. The van der Waals surface area contributed by atoms with Crippen LogP contribution in [0.2, 0.25) is 0 Å². The number of esters is 1. The Labute approximate surface area is 146 Å². The van der Waals surface area contributed by atoms with Crippen molar-refractivity contribution in [2.75, 3.05) is 19.8 Å². The molecule has 0 atom stereocenters. The van der Waals surface area contributed by atoms with Gasteiger partial charge >= 0.3 is 5.97 Å². The minimum atomic E-state index is -0.444. The van der Waals surface area contributed by atoms with Crippen LogP contribution in [0.25, 0.3) is 0 Å². The molecule has 0 radical (unpaired) electrons. The Morgan fingerprint density at radius 2 is 1.35 bits per heavy atom. The molecule has 0 amide bonds. The molecule has 136 valence electrons. The maximum atomic E-state index is 11.7. The van der Waals surface area contributed by atoms with Crippen molar-refractivity contribution in [3.63, 3.8) is 0 Å². The fraction of sp³-hybridized carbons (Fsp3) is 0.889. The minimum absolute atomic E-state index is 0.127. The molecule has 0 aliphatic rings. The van der Waals surface area contributed by atoms with Crippen LogP contribution >= 0.6 is 11.6 Å². The van der Waals surface area contributed by atoms with Crippen LogP contribution < -0.4 is 0 Å². The molecule has 0 aliphatic carbocycles. The van der Waals surface area contributed by atoms with Gasteiger partial charge in [0.2, 0.25) is 5.24 Å². The number of unbranched alkanes of at least 4 members (excludes halogenated alkanes) is 2. The Bertz CT molecular complexity index is 364. The van der Waals surface area contributed by atoms with E-state index >= 15 is 0 Å². The van der Waals surface area contributed by atoms with Gasteiger partial charge in [-0.3, -0.25) is 9.59 Å². The summed E-state index contributed by atoms with van der Waals surface area (Å²) in [5, 5.41) is -0.275.